The molecule has 1 unspecified atom stereocenters. The molecule has 0 aliphatic rings. The van der Waals surface area contributed by atoms with Gasteiger partial charge < -0.3 is 9.29 Å². The molecule has 0 aromatic heterocycles. The van der Waals surface area contributed by atoms with Crippen LogP contribution in [0, 0.1) is 0 Å². The van der Waals surface area contributed by atoms with Crippen molar-refractivity contribution in [2.75, 3.05) is 11.7 Å². The van der Waals surface area contributed by atoms with Gasteiger partial charge in [0.2, 0.25) is 5.94 Å². The molecule has 1 atom stereocenters. The van der Waals surface area contributed by atoms with E-state index in [-0.39, 0.29) is 5.94 Å². The summed E-state index contributed by atoms with van der Waals surface area (Å²) in [5, 5.41) is 0. The zero-order valence-electron chi connectivity index (χ0n) is 6.04. The second-order valence-electron chi connectivity index (χ2n) is 1.88. The Labute approximate surface area is 63.9 Å². The van der Waals surface area contributed by atoms with Crippen LogP contribution < -0.4 is 0 Å². The Hall–Kier alpha value is -0.220. The van der Waals surface area contributed by atoms with E-state index in [1.54, 1.807) is 0 Å². The summed E-state index contributed by atoms with van der Waals surface area (Å²) in [6.45, 7) is 2.35. The smallest absolute Gasteiger partial charge is 0.296 e. The fourth-order valence-electron chi connectivity index (χ4n) is 0.468. The van der Waals surface area contributed by atoms with Gasteiger partial charge in [-0.05, 0) is 17.6 Å². The van der Waals surface area contributed by atoms with Gasteiger partial charge in [-0.25, -0.2) is 0 Å². The van der Waals surface area contributed by atoms with Crippen LogP contribution in [0.3, 0.4) is 0 Å². The molecule has 0 bridgehead atoms. The van der Waals surface area contributed by atoms with Crippen molar-refractivity contribution in [2.45, 2.75) is 19.8 Å². The number of unbranched alkanes of at least 4 members (excludes halogenated alkanes) is 1. The first kappa shape index (κ1) is 9.78. The summed E-state index contributed by atoms with van der Waals surface area (Å²) in [5.74, 6) is 0.674. The van der Waals surface area contributed by atoms with Crippen molar-refractivity contribution in [1.82, 2.24) is 0 Å². The summed E-state index contributed by atoms with van der Waals surface area (Å²) in [6.07, 6.45) is 1.95. The lowest BCUT2D eigenvalue weighted by Crippen LogP contribution is -2.12. The molecule has 0 radical (unpaired) electrons. The van der Waals surface area contributed by atoms with Gasteiger partial charge in [0.1, 0.15) is 5.75 Å². The third-order valence-corrected chi connectivity index (χ3v) is 2.14. The van der Waals surface area contributed by atoms with E-state index >= 15 is 0 Å². The minimum Gasteiger partial charge on any atom is -0.614 e. The predicted octanol–water partition coefficient (Wildman–Crippen LogP) is 0.666. The summed E-state index contributed by atoms with van der Waals surface area (Å²) in [6, 6.07) is 0. The van der Waals surface area contributed by atoms with Crippen LogP contribution in [-0.2, 0) is 20.7 Å². The van der Waals surface area contributed by atoms with Crippen LogP contribution in [0.1, 0.15) is 19.8 Å². The molecular formula is C6H12O3S. The average Bonchev–Trinajstić information content (AvgIpc) is 1.97. The molecule has 0 aliphatic carbocycles. The first-order valence-electron chi connectivity index (χ1n) is 3.21. The third-order valence-electron chi connectivity index (χ3n) is 0.993. The Morgan fingerprint density at radius 3 is 2.90 bits per heavy atom. The monoisotopic (exact) mass is 164 g/mol. The average molecular weight is 164 g/mol. The topological polar surface area (TPSA) is 49.4 Å². The number of hydrogen-bond acceptors (Lipinski definition) is 3. The first-order valence-corrected chi connectivity index (χ1v) is 4.70. The molecule has 0 spiro atoms. The molecule has 0 saturated carbocycles. The van der Waals surface area contributed by atoms with Crippen molar-refractivity contribution >= 4 is 17.6 Å². The van der Waals surface area contributed by atoms with Crippen LogP contribution in [0.25, 0.3) is 0 Å². The van der Waals surface area contributed by atoms with Gasteiger partial charge >= 0.3 is 0 Å². The maximum Gasteiger partial charge on any atom is 0.296 e. The lowest BCUT2D eigenvalue weighted by molar-refractivity contribution is -0.126. The third kappa shape index (κ3) is 5.91. The zero-order chi connectivity index (χ0) is 7.82. The van der Waals surface area contributed by atoms with Crippen LogP contribution in [0.15, 0.2) is 0 Å². The summed E-state index contributed by atoms with van der Waals surface area (Å²) < 4.78 is 15.1. The number of rotatable bonds is 6. The van der Waals surface area contributed by atoms with Gasteiger partial charge in [0.15, 0.2) is 0 Å². The molecule has 4 heteroatoms. The molecule has 0 saturated heterocycles. The van der Waals surface area contributed by atoms with Gasteiger partial charge in [-0.1, -0.05) is 13.3 Å². The molecule has 0 fully saturated rings. The van der Waals surface area contributed by atoms with Crippen molar-refractivity contribution in [2.24, 2.45) is 0 Å². The minimum atomic E-state index is -0.973. The maximum atomic E-state index is 10.8. The molecule has 0 aromatic carbocycles. The van der Waals surface area contributed by atoms with Gasteiger partial charge in [0.25, 0.3) is 6.47 Å². The molecule has 0 aromatic rings. The van der Waals surface area contributed by atoms with Gasteiger partial charge in [0.05, 0.1) is 0 Å². The minimum absolute atomic E-state index is 0.0451. The Morgan fingerprint density at radius 1 is 1.70 bits per heavy atom. The van der Waals surface area contributed by atoms with Crippen LogP contribution >= 0.6 is 0 Å². The van der Waals surface area contributed by atoms with E-state index in [0.717, 1.165) is 12.8 Å². The lowest BCUT2D eigenvalue weighted by atomic mass is 10.4. The predicted molar refractivity (Wildman–Crippen MR) is 39.9 cm³/mol. The molecule has 0 N–H and O–H groups in total. The second kappa shape index (κ2) is 6.89. The first-order chi connectivity index (χ1) is 4.81. The quantitative estimate of drug-likeness (QED) is 0.428. The SMILES string of the molecule is CCCC[S+]([O-])COC=O. The maximum absolute atomic E-state index is 10.8. The van der Waals surface area contributed by atoms with E-state index in [2.05, 4.69) is 4.74 Å². The van der Waals surface area contributed by atoms with Crippen molar-refractivity contribution in [3.63, 3.8) is 0 Å². The van der Waals surface area contributed by atoms with E-state index in [9.17, 15) is 9.35 Å². The van der Waals surface area contributed by atoms with Crippen molar-refractivity contribution in [3.05, 3.63) is 0 Å². The largest absolute Gasteiger partial charge is 0.614 e. The van der Waals surface area contributed by atoms with Crippen LogP contribution in [0.5, 0.6) is 0 Å². The fraction of sp³-hybridized carbons (Fsp3) is 0.833. The fourth-order valence-corrected chi connectivity index (χ4v) is 1.40. The highest BCUT2D eigenvalue weighted by molar-refractivity contribution is 7.91. The number of carbonyl (C=O) groups excluding carboxylic acids is 1. The number of hydrogen-bond donors (Lipinski definition) is 0. The Bertz CT molecular complexity index is 87.1. The van der Waals surface area contributed by atoms with Crippen LogP contribution in [0.2, 0.25) is 0 Å². The highest BCUT2D eigenvalue weighted by atomic mass is 32.2. The lowest BCUT2D eigenvalue weighted by Gasteiger charge is -2.07. The molecule has 0 aliphatic heterocycles. The van der Waals surface area contributed by atoms with Crippen LogP contribution in [-0.4, -0.2) is 22.7 Å². The number of ether oxygens (including phenoxy) is 1. The van der Waals surface area contributed by atoms with Gasteiger partial charge in [-0.3, -0.25) is 4.79 Å². The summed E-state index contributed by atoms with van der Waals surface area (Å²) in [4.78, 5) is 9.63. The van der Waals surface area contributed by atoms with Crippen molar-refractivity contribution in [3.8, 4) is 0 Å². The van der Waals surface area contributed by atoms with Crippen LogP contribution in [0.4, 0.5) is 0 Å². The van der Waals surface area contributed by atoms with Gasteiger partial charge in [-0.2, -0.15) is 0 Å². The van der Waals surface area contributed by atoms with E-state index in [1.807, 2.05) is 6.92 Å². The Morgan fingerprint density at radius 2 is 2.40 bits per heavy atom. The molecule has 60 valence electrons. The zero-order valence-corrected chi connectivity index (χ0v) is 6.86. The highest BCUT2D eigenvalue weighted by Gasteiger charge is 2.03. The van der Waals surface area contributed by atoms with Crippen molar-refractivity contribution < 1.29 is 14.1 Å². The Balaban J connectivity index is 3.07. The van der Waals surface area contributed by atoms with E-state index < -0.39 is 11.2 Å². The summed E-state index contributed by atoms with van der Waals surface area (Å²) in [7, 11) is 0. The molecule has 0 amide bonds. The summed E-state index contributed by atoms with van der Waals surface area (Å²) in [5.41, 5.74) is 0. The molecular weight excluding hydrogens is 152 g/mol. The molecule has 0 heterocycles. The van der Waals surface area contributed by atoms with Gasteiger partial charge in [-0.15, -0.1) is 0 Å². The highest BCUT2D eigenvalue weighted by Crippen LogP contribution is 1.96. The number of carbonyl (C=O) groups is 1. The van der Waals surface area contributed by atoms with E-state index in [0.29, 0.717) is 12.2 Å². The van der Waals surface area contributed by atoms with E-state index in [4.69, 9.17) is 0 Å². The second-order valence-corrected chi connectivity index (χ2v) is 3.40. The van der Waals surface area contributed by atoms with Crippen molar-refractivity contribution in [1.29, 1.82) is 0 Å². The molecule has 3 nitrogen and oxygen atoms in total. The summed E-state index contributed by atoms with van der Waals surface area (Å²) >= 11 is -0.973. The molecule has 0 rings (SSSR count). The molecule has 10 heavy (non-hydrogen) atoms. The van der Waals surface area contributed by atoms with Gasteiger partial charge in [0, 0.05) is 0 Å². The standard InChI is InChI=1S/C6H12O3S/c1-2-3-4-10(8)6-9-5-7/h5H,2-4,6H2,1H3. The normalized spacial score (nSPS) is 12.6. The van der Waals surface area contributed by atoms with E-state index in [1.165, 1.54) is 0 Å². The Kier molecular flexibility index (Phi) is 6.74.